The van der Waals surface area contributed by atoms with Gasteiger partial charge in [-0.15, -0.1) is 0 Å². The van der Waals surface area contributed by atoms with E-state index in [1.165, 1.54) is 10.8 Å². The quantitative estimate of drug-likeness (QED) is 0.381. The van der Waals surface area contributed by atoms with Crippen molar-refractivity contribution in [2.24, 2.45) is 5.92 Å². The Balaban J connectivity index is 2.20. The van der Waals surface area contributed by atoms with E-state index in [0.29, 0.717) is 5.78 Å². The van der Waals surface area contributed by atoms with Crippen LogP contribution < -0.4 is 0 Å². The zero-order valence-corrected chi connectivity index (χ0v) is 14.0. The van der Waals surface area contributed by atoms with Gasteiger partial charge < -0.3 is 0 Å². The summed E-state index contributed by atoms with van der Waals surface area (Å²) >= 11 is 0. The maximum Gasteiger partial charge on any atom is 0.166 e. The molecule has 1 heteroatoms. The Morgan fingerprint density at radius 1 is 0.826 bits per heavy atom. The summed E-state index contributed by atoms with van der Waals surface area (Å²) < 4.78 is 0. The molecule has 0 unspecified atom stereocenters. The van der Waals surface area contributed by atoms with Crippen molar-refractivity contribution >= 4 is 27.3 Å². The van der Waals surface area contributed by atoms with Crippen LogP contribution in [0, 0.1) is 5.92 Å². The van der Waals surface area contributed by atoms with E-state index in [1.807, 2.05) is 12.1 Å². The van der Waals surface area contributed by atoms with Crippen molar-refractivity contribution in [3.8, 4) is 0 Å². The van der Waals surface area contributed by atoms with Gasteiger partial charge in [0.2, 0.25) is 0 Å². The Kier molecular flexibility index (Phi) is 4.76. The van der Waals surface area contributed by atoms with E-state index in [2.05, 4.69) is 56.3 Å². The number of benzene rings is 3. The molecule has 1 nitrogen and oxygen atoms in total. The monoisotopic (exact) mass is 304 g/mol. The standard InChI is InChI=1S/C22H24O/c1-3-9-16(10-4-2)22(23)21-15-17-11-5-6-12-18(17)19-13-7-8-14-20(19)21/h5-8,11-16H,3-4,9-10H2,1-2H3. The Morgan fingerprint density at radius 3 is 2.04 bits per heavy atom. The third-order valence-corrected chi connectivity index (χ3v) is 4.68. The molecule has 3 rings (SSSR count). The van der Waals surface area contributed by atoms with Crippen molar-refractivity contribution in [2.75, 3.05) is 0 Å². The van der Waals surface area contributed by atoms with Crippen molar-refractivity contribution < 1.29 is 4.79 Å². The number of fused-ring (bicyclic) bond motifs is 3. The topological polar surface area (TPSA) is 17.1 Å². The molecule has 3 aromatic rings. The van der Waals surface area contributed by atoms with Crippen molar-refractivity contribution in [3.05, 3.63) is 60.2 Å². The van der Waals surface area contributed by atoms with Crippen LogP contribution in [-0.4, -0.2) is 5.78 Å². The second kappa shape index (κ2) is 6.95. The zero-order chi connectivity index (χ0) is 16.2. The summed E-state index contributed by atoms with van der Waals surface area (Å²) in [6.45, 7) is 4.32. The number of Topliss-reactive ketones (excluding diaryl/α,β-unsaturated/α-hetero) is 1. The highest BCUT2D eigenvalue weighted by Gasteiger charge is 2.21. The molecule has 0 radical (unpaired) electrons. The van der Waals surface area contributed by atoms with E-state index < -0.39 is 0 Å². The highest BCUT2D eigenvalue weighted by atomic mass is 16.1. The van der Waals surface area contributed by atoms with Gasteiger partial charge in [0.15, 0.2) is 5.78 Å². The molecule has 118 valence electrons. The Morgan fingerprint density at radius 2 is 1.39 bits per heavy atom. The largest absolute Gasteiger partial charge is 0.294 e. The van der Waals surface area contributed by atoms with Crippen LogP contribution in [0.4, 0.5) is 0 Å². The van der Waals surface area contributed by atoms with E-state index >= 15 is 0 Å². The maximum absolute atomic E-state index is 13.2. The van der Waals surface area contributed by atoms with Crippen LogP contribution in [0.25, 0.3) is 21.5 Å². The number of carbonyl (C=O) groups is 1. The van der Waals surface area contributed by atoms with Gasteiger partial charge in [0, 0.05) is 11.5 Å². The highest BCUT2D eigenvalue weighted by molar-refractivity contribution is 6.18. The van der Waals surface area contributed by atoms with Gasteiger partial charge in [-0.1, -0.05) is 75.2 Å². The lowest BCUT2D eigenvalue weighted by Gasteiger charge is -2.16. The second-order valence-electron chi connectivity index (χ2n) is 6.33. The van der Waals surface area contributed by atoms with Gasteiger partial charge in [0.05, 0.1) is 0 Å². The molecule has 0 saturated carbocycles. The fourth-order valence-corrected chi connectivity index (χ4v) is 3.58. The van der Waals surface area contributed by atoms with Crippen molar-refractivity contribution in [1.82, 2.24) is 0 Å². The summed E-state index contributed by atoms with van der Waals surface area (Å²) in [6.07, 6.45) is 4.07. The summed E-state index contributed by atoms with van der Waals surface area (Å²) in [6, 6.07) is 18.7. The molecular weight excluding hydrogens is 280 g/mol. The Hall–Kier alpha value is -2.15. The van der Waals surface area contributed by atoms with Crippen LogP contribution in [0.2, 0.25) is 0 Å². The predicted molar refractivity (Wildman–Crippen MR) is 99.1 cm³/mol. The second-order valence-corrected chi connectivity index (χ2v) is 6.33. The Labute approximate surface area is 138 Å². The molecule has 0 N–H and O–H groups in total. The lowest BCUT2D eigenvalue weighted by Crippen LogP contribution is -2.15. The first-order valence-electron chi connectivity index (χ1n) is 8.71. The van der Waals surface area contributed by atoms with E-state index in [9.17, 15) is 4.79 Å². The molecule has 0 saturated heterocycles. The minimum Gasteiger partial charge on any atom is -0.294 e. The van der Waals surface area contributed by atoms with Gasteiger partial charge in [0.25, 0.3) is 0 Å². The third-order valence-electron chi connectivity index (χ3n) is 4.68. The lowest BCUT2D eigenvalue weighted by atomic mass is 9.86. The molecule has 3 aromatic carbocycles. The van der Waals surface area contributed by atoms with Gasteiger partial charge in [-0.05, 0) is 40.5 Å². The first kappa shape index (κ1) is 15.7. The van der Waals surface area contributed by atoms with Gasteiger partial charge in [0.1, 0.15) is 0 Å². The number of carbonyl (C=O) groups excluding carboxylic acids is 1. The molecule has 0 spiro atoms. The average Bonchev–Trinajstić information content (AvgIpc) is 2.60. The molecule has 0 aliphatic carbocycles. The SMILES string of the molecule is CCCC(CCC)C(=O)c1cc2ccccc2c2ccccc12. The fraction of sp³-hybridized carbons (Fsp3) is 0.318. The molecule has 0 amide bonds. The molecule has 0 aromatic heterocycles. The number of ketones is 1. The van der Waals surface area contributed by atoms with E-state index in [-0.39, 0.29) is 5.92 Å². The van der Waals surface area contributed by atoms with Crippen molar-refractivity contribution in [2.45, 2.75) is 39.5 Å². The first-order valence-corrected chi connectivity index (χ1v) is 8.71. The molecule has 0 aliphatic rings. The number of rotatable bonds is 6. The minimum atomic E-state index is 0.148. The summed E-state index contributed by atoms with van der Waals surface area (Å²) in [5.74, 6) is 0.463. The van der Waals surface area contributed by atoms with Gasteiger partial charge in [-0.25, -0.2) is 0 Å². The molecule has 23 heavy (non-hydrogen) atoms. The summed E-state index contributed by atoms with van der Waals surface area (Å²) in [4.78, 5) is 13.2. The zero-order valence-electron chi connectivity index (χ0n) is 14.0. The van der Waals surface area contributed by atoms with Crippen LogP contribution in [0.15, 0.2) is 54.6 Å². The fourth-order valence-electron chi connectivity index (χ4n) is 3.58. The van der Waals surface area contributed by atoms with Crippen LogP contribution in [0.5, 0.6) is 0 Å². The minimum absolute atomic E-state index is 0.148. The van der Waals surface area contributed by atoms with Crippen LogP contribution in [0.3, 0.4) is 0 Å². The van der Waals surface area contributed by atoms with Crippen LogP contribution in [0.1, 0.15) is 49.9 Å². The van der Waals surface area contributed by atoms with Gasteiger partial charge in [-0.2, -0.15) is 0 Å². The molecule has 0 heterocycles. The molecule has 0 fully saturated rings. The third kappa shape index (κ3) is 3.01. The normalized spacial score (nSPS) is 11.4. The number of hydrogen-bond donors (Lipinski definition) is 0. The van der Waals surface area contributed by atoms with Crippen LogP contribution in [-0.2, 0) is 0 Å². The smallest absolute Gasteiger partial charge is 0.166 e. The molecule has 0 atom stereocenters. The van der Waals surface area contributed by atoms with Crippen molar-refractivity contribution in [1.29, 1.82) is 0 Å². The first-order chi connectivity index (χ1) is 11.3. The van der Waals surface area contributed by atoms with E-state index in [4.69, 9.17) is 0 Å². The molecule has 0 aliphatic heterocycles. The van der Waals surface area contributed by atoms with Gasteiger partial charge in [-0.3, -0.25) is 4.79 Å². The average molecular weight is 304 g/mol. The summed E-state index contributed by atoms with van der Waals surface area (Å²) in [5, 5.41) is 4.65. The summed E-state index contributed by atoms with van der Waals surface area (Å²) in [5.41, 5.74) is 0.895. The van der Waals surface area contributed by atoms with E-state index in [0.717, 1.165) is 42.0 Å². The Bertz CT molecular complexity index is 826. The van der Waals surface area contributed by atoms with Crippen molar-refractivity contribution in [3.63, 3.8) is 0 Å². The number of hydrogen-bond acceptors (Lipinski definition) is 1. The van der Waals surface area contributed by atoms with E-state index in [1.54, 1.807) is 0 Å². The molecular formula is C22H24O. The van der Waals surface area contributed by atoms with Crippen LogP contribution >= 0.6 is 0 Å². The lowest BCUT2D eigenvalue weighted by molar-refractivity contribution is 0.0907. The molecule has 0 bridgehead atoms. The highest BCUT2D eigenvalue weighted by Crippen LogP contribution is 2.31. The van der Waals surface area contributed by atoms with Gasteiger partial charge >= 0.3 is 0 Å². The summed E-state index contributed by atoms with van der Waals surface area (Å²) in [7, 11) is 0. The maximum atomic E-state index is 13.2. The predicted octanol–water partition coefficient (Wildman–Crippen LogP) is 6.39.